The number of nitrogens with zero attached hydrogens (tertiary/aromatic N) is 2. The van der Waals surface area contributed by atoms with Crippen LogP contribution in [0.15, 0.2) is 205 Å². The third-order valence-electron chi connectivity index (χ3n) is 15.7. The van der Waals surface area contributed by atoms with Gasteiger partial charge in [-0.3, -0.25) is 19.2 Å². The summed E-state index contributed by atoms with van der Waals surface area (Å²) in [6.45, 7) is 17.5. The first-order chi connectivity index (χ1) is 32.7. The number of rotatable bonds is 18. The summed E-state index contributed by atoms with van der Waals surface area (Å²) in [5, 5.41) is 0. The Bertz CT molecular complexity index is 2720. The first kappa shape index (κ1) is 49.0. The van der Waals surface area contributed by atoms with Gasteiger partial charge in [0.15, 0.2) is 0 Å². The van der Waals surface area contributed by atoms with Gasteiger partial charge in [-0.15, -0.1) is 0 Å². The van der Waals surface area contributed by atoms with Crippen molar-refractivity contribution in [1.82, 2.24) is 9.80 Å². The molecule has 3 aliphatic rings. The lowest BCUT2D eigenvalue weighted by atomic mass is 9.60. The summed E-state index contributed by atoms with van der Waals surface area (Å²) in [7, 11) is 0. The molecule has 2 aliphatic heterocycles. The number of carbonyl (C=O) groups excluding carboxylic acids is 4. The summed E-state index contributed by atoms with van der Waals surface area (Å²) < 4.78 is 0. The standard InChI is InChI=1S/C62H66N2O4/c1-9-44(32-34-52(63-55(65)38-39-56(63)66)35-36-53(60(6,10-2)11-3)49-28-24-47(25-29-49)45-20-16-14-17-21-45)59(50-30-26-48(27-31-50)46-22-18-15-19-23-46)51-33-37-54(64-57(67)40-41-58(64)68)62(8,43-42-51)61(7,12-4)13-5/h9,14-35,37-43,53,59H,10-13,36H2,1-8H3/b34-32-,44-9+,52-35+. The Morgan fingerprint density at radius 1 is 0.588 bits per heavy atom. The molecule has 6 heteroatoms. The van der Waals surface area contributed by atoms with Gasteiger partial charge >= 0.3 is 0 Å². The van der Waals surface area contributed by atoms with E-state index in [2.05, 4.69) is 158 Å². The van der Waals surface area contributed by atoms with Gasteiger partial charge in [-0.1, -0.05) is 207 Å². The van der Waals surface area contributed by atoms with Gasteiger partial charge in [-0.2, -0.15) is 0 Å². The average molecular weight is 903 g/mol. The van der Waals surface area contributed by atoms with Crippen LogP contribution in [0.25, 0.3) is 22.3 Å². The molecule has 0 spiro atoms. The first-order valence-electron chi connectivity index (χ1n) is 24.3. The highest BCUT2D eigenvalue weighted by atomic mass is 16.2. The molecule has 0 radical (unpaired) electrons. The van der Waals surface area contributed by atoms with Gasteiger partial charge in [0.25, 0.3) is 23.6 Å². The van der Waals surface area contributed by atoms with Crippen LogP contribution in [0.1, 0.15) is 110 Å². The fourth-order valence-electron chi connectivity index (χ4n) is 10.2. The molecule has 3 atom stereocenters. The Morgan fingerprint density at radius 3 is 1.56 bits per heavy atom. The summed E-state index contributed by atoms with van der Waals surface area (Å²) in [5.41, 5.74) is 8.76. The quantitative estimate of drug-likeness (QED) is 0.0736. The molecule has 0 saturated carbocycles. The van der Waals surface area contributed by atoms with Crippen molar-refractivity contribution < 1.29 is 19.2 Å². The molecular weight excluding hydrogens is 837 g/mol. The van der Waals surface area contributed by atoms with Crippen LogP contribution in [0.2, 0.25) is 0 Å². The molecule has 0 bridgehead atoms. The number of allylic oxidation sites excluding steroid dienone is 10. The van der Waals surface area contributed by atoms with E-state index in [0.29, 0.717) is 17.8 Å². The number of benzene rings is 4. The van der Waals surface area contributed by atoms with Crippen molar-refractivity contribution in [2.45, 2.75) is 99.3 Å². The van der Waals surface area contributed by atoms with E-state index in [1.807, 2.05) is 55.5 Å². The zero-order valence-corrected chi connectivity index (χ0v) is 41.0. The van der Waals surface area contributed by atoms with Crippen LogP contribution in [0.3, 0.4) is 0 Å². The lowest BCUT2D eigenvalue weighted by molar-refractivity contribution is -0.136. The molecule has 2 heterocycles. The zero-order chi connectivity index (χ0) is 48.6. The van der Waals surface area contributed by atoms with E-state index in [9.17, 15) is 19.2 Å². The molecular formula is C62H66N2O4. The minimum absolute atomic E-state index is 0.0620. The number of hydrogen-bond acceptors (Lipinski definition) is 4. The zero-order valence-electron chi connectivity index (χ0n) is 41.0. The normalized spacial score (nSPS) is 19.0. The largest absolute Gasteiger partial charge is 0.269 e. The molecule has 0 aromatic heterocycles. The van der Waals surface area contributed by atoms with Gasteiger partial charge in [0.05, 0.1) is 0 Å². The summed E-state index contributed by atoms with van der Waals surface area (Å²) in [6, 6.07) is 38.1. The maximum absolute atomic E-state index is 13.6. The van der Waals surface area contributed by atoms with Crippen molar-refractivity contribution in [3.8, 4) is 22.3 Å². The predicted octanol–water partition coefficient (Wildman–Crippen LogP) is 14.6. The molecule has 6 nitrogen and oxygen atoms in total. The van der Waals surface area contributed by atoms with Crippen molar-refractivity contribution in [2.75, 3.05) is 0 Å². The molecule has 0 fully saturated rings. The van der Waals surface area contributed by atoms with Crippen LogP contribution in [-0.2, 0) is 19.2 Å². The summed E-state index contributed by atoms with van der Waals surface area (Å²) in [4.78, 5) is 56.5. The van der Waals surface area contributed by atoms with E-state index in [0.717, 1.165) is 64.6 Å². The molecule has 3 unspecified atom stereocenters. The maximum Gasteiger partial charge on any atom is 0.258 e. The van der Waals surface area contributed by atoms with Crippen LogP contribution in [-0.4, -0.2) is 33.4 Å². The van der Waals surface area contributed by atoms with Gasteiger partial charge in [-0.05, 0) is 99.6 Å². The number of hydrogen-bond donors (Lipinski definition) is 0. The van der Waals surface area contributed by atoms with Gasteiger partial charge in [0.1, 0.15) is 0 Å². The summed E-state index contributed by atoms with van der Waals surface area (Å²) >= 11 is 0. The van der Waals surface area contributed by atoms with E-state index in [1.165, 1.54) is 39.7 Å². The van der Waals surface area contributed by atoms with Gasteiger partial charge < -0.3 is 0 Å². The second-order valence-electron chi connectivity index (χ2n) is 19.0. The fraction of sp³-hybridized carbons (Fsp3) is 0.290. The summed E-state index contributed by atoms with van der Waals surface area (Å²) in [5.74, 6) is -1.66. The van der Waals surface area contributed by atoms with Crippen LogP contribution in [0.4, 0.5) is 0 Å². The molecule has 68 heavy (non-hydrogen) atoms. The highest BCUT2D eigenvalue weighted by Gasteiger charge is 2.48. The Balaban J connectivity index is 1.34. The van der Waals surface area contributed by atoms with Crippen molar-refractivity contribution in [2.24, 2.45) is 16.2 Å². The van der Waals surface area contributed by atoms with Crippen LogP contribution >= 0.6 is 0 Å². The van der Waals surface area contributed by atoms with E-state index < -0.39 is 5.41 Å². The minimum Gasteiger partial charge on any atom is -0.269 e. The SMILES string of the molecule is C\C=C(/C=C\C(=C/CC(c1ccc(-c2ccccc2)cc1)C(C)(CC)CC)N1C(=O)C=CC1=O)C(C1=CC=C(N2C(=O)C=CC2=O)C(C)(C(C)(CC)CC)C=C1)c1ccc(-c2ccccc2)cc1. The molecule has 0 N–H and O–H groups in total. The summed E-state index contributed by atoms with van der Waals surface area (Å²) in [6.07, 6.45) is 26.0. The van der Waals surface area contributed by atoms with E-state index in [4.69, 9.17) is 0 Å². The number of imide groups is 2. The van der Waals surface area contributed by atoms with Crippen LogP contribution < -0.4 is 0 Å². The highest BCUT2D eigenvalue weighted by molar-refractivity contribution is 6.15. The number of carbonyl (C=O) groups is 4. The lowest BCUT2D eigenvalue weighted by Gasteiger charge is -2.47. The smallest absolute Gasteiger partial charge is 0.258 e. The fourth-order valence-corrected chi connectivity index (χ4v) is 10.2. The molecule has 7 rings (SSSR count). The Morgan fingerprint density at radius 2 is 1.07 bits per heavy atom. The first-order valence-corrected chi connectivity index (χ1v) is 24.3. The second-order valence-corrected chi connectivity index (χ2v) is 19.0. The molecule has 1 aliphatic carbocycles. The van der Waals surface area contributed by atoms with Crippen molar-refractivity contribution in [1.29, 1.82) is 0 Å². The van der Waals surface area contributed by atoms with Gasteiger partial charge in [-0.25, -0.2) is 9.80 Å². The van der Waals surface area contributed by atoms with E-state index in [-0.39, 0.29) is 46.3 Å². The molecule has 4 aromatic rings. The second kappa shape index (κ2) is 20.9. The highest BCUT2D eigenvalue weighted by Crippen LogP contribution is 2.54. The van der Waals surface area contributed by atoms with Crippen LogP contribution in [0.5, 0.6) is 0 Å². The topological polar surface area (TPSA) is 74.8 Å². The Kier molecular flexibility index (Phi) is 15.1. The van der Waals surface area contributed by atoms with Gasteiger partial charge in [0, 0.05) is 47.0 Å². The van der Waals surface area contributed by atoms with Crippen molar-refractivity contribution >= 4 is 23.6 Å². The molecule has 4 aromatic carbocycles. The molecule has 0 saturated heterocycles. The monoisotopic (exact) mass is 903 g/mol. The number of amides is 4. The van der Waals surface area contributed by atoms with E-state index in [1.54, 1.807) is 0 Å². The Hall–Kier alpha value is -6.92. The van der Waals surface area contributed by atoms with Crippen molar-refractivity contribution in [3.63, 3.8) is 0 Å². The lowest BCUT2D eigenvalue weighted by Crippen LogP contribution is -2.45. The van der Waals surface area contributed by atoms with Gasteiger partial charge in [0.2, 0.25) is 0 Å². The average Bonchev–Trinajstić information content (AvgIpc) is 3.83. The maximum atomic E-state index is 13.6. The predicted molar refractivity (Wildman–Crippen MR) is 278 cm³/mol. The van der Waals surface area contributed by atoms with Crippen LogP contribution in [0, 0.1) is 16.2 Å². The Labute approximate surface area is 404 Å². The minimum atomic E-state index is -0.691. The molecule has 4 amide bonds. The van der Waals surface area contributed by atoms with E-state index >= 15 is 0 Å². The third kappa shape index (κ3) is 9.73. The molecule has 348 valence electrons. The third-order valence-corrected chi connectivity index (χ3v) is 15.7. The van der Waals surface area contributed by atoms with Crippen molar-refractivity contribution in [3.05, 3.63) is 216 Å².